The van der Waals surface area contributed by atoms with Crippen molar-refractivity contribution in [2.75, 3.05) is 19.7 Å². The van der Waals surface area contributed by atoms with Crippen LogP contribution >= 0.6 is 11.3 Å². The quantitative estimate of drug-likeness (QED) is 0.352. The molecule has 0 saturated carbocycles. The first-order chi connectivity index (χ1) is 14.5. The van der Waals surface area contributed by atoms with Gasteiger partial charge in [-0.05, 0) is 23.6 Å². The second-order valence-electron chi connectivity index (χ2n) is 6.53. The summed E-state index contributed by atoms with van der Waals surface area (Å²) < 4.78 is 5.04. The van der Waals surface area contributed by atoms with Crippen LogP contribution in [0.25, 0.3) is 0 Å². The molecule has 2 heterocycles. The first kappa shape index (κ1) is 21.4. The molecule has 3 amide bonds. The number of fused-ring (bicyclic) bond motifs is 1. The number of carbonyl (C=O) groups is 5. The van der Waals surface area contributed by atoms with Crippen molar-refractivity contribution in [1.82, 2.24) is 10.2 Å². The van der Waals surface area contributed by atoms with Crippen LogP contribution in [-0.2, 0) is 14.3 Å². The van der Waals surface area contributed by atoms with Crippen molar-refractivity contribution in [1.29, 1.82) is 0 Å². The lowest BCUT2D eigenvalue weighted by atomic mass is 10.1. The lowest BCUT2D eigenvalue weighted by Gasteiger charge is -2.13. The summed E-state index contributed by atoms with van der Waals surface area (Å²) in [5.41, 5.74) is 0.684. The Morgan fingerprint density at radius 2 is 1.63 bits per heavy atom. The molecule has 0 atom stereocenters. The topological polar surface area (TPSA) is 110 Å². The number of nitrogens with one attached hydrogen (secondary N) is 1. The molecule has 2 aromatic rings. The first-order valence-corrected chi connectivity index (χ1v) is 10.3. The molecule has 0 radical (unpaired) electrons. The maximum absolute atomic E-state index is 12.2. The van der Waals surface area contributed by atoms with Gasteiger partial charge < -0.3 is 10.1 Å². The summed E-state index contributed by atoms with van der Waals surface area (Å²) in [6.45, 7) is -0.0687. The van der Waals surface area contributed by atoms with Crippen molar-refractivity contribution < 1.29 is 28.7 Å². The number of nitrogens with zero attached hydrogens (tertiary/aromatic N) is 1. The van der Waals surface area contributed by atoms with Gasteiger partial charge >= 0.3 is 5.97 Å². The molecular weight excluding hydrogens is 408 g/mol. The molecule has 0 unspecified atom stereocenters. The lowest BCUT2D eigenvalue weighted by molar-refractivity contribution is -0.143. The van der Waals surface area contributed by atoms with Crippen molar-refractivity contribution in [3.8, 4) is 0 Å². The fraction of sp³-hybridized carbons (Fsp3) is 0.286. The summed E-state index contributed by atoms with van der Waals surface area (Å²) in [5, 5.41) is 4.36. The van der Waals surface area contributed by atoms with E-state index in [1.807, 2.05) is 0 Å². The Bertz CT molecular complexity index is 935. The standard InChI is InChI=1S/C21H20N2O6S/c24-16(17-6-3-13-30-17)7-8-18(25)22-10-9-19(26)29-12-11-23-20(27)14-4-1-2-5-15(14)21(23)28/h1-6,13H,7-12H2,(H,22,25). The van der Waals surface area contributed by atoms with Crippen molar-refractivity contribution >= 4 is 40.8 Å². The summed E-state index contributed by atoms with van der Waals surface area (Å²) in [4.78, 5) is 61.5. The van der Waals surface area contributed by atoms with E-state index in [4.69, 9.17) is 4.74 Å². The molecule has 0 fully saturated rings. The molecule has 8 nitrogen and oxygen atoms in total. The number of imide groups is 1. The van der Waals surface area contributed by atoms with Gasteiger partial charge in [-0.1, -0.05) is 18.2 Å². The number of benzene rings is 1. The van der Waals surface area contributed by atoms with Gasteiger partial charge in [0.1, 0.15) is 6.61 Å². The highest BCUT2D eigenvalue weighted by Gasteiger charge is 2.34. The van der Waals surface area contributed by atoms with E-state index >= 15 is 0 Å². The molecule has 156 valence electrons. The van der Waals surface area contributed by atoms with E-state index in [0.29, 0.717) is 16.0 Å². The number of hydrogen-bond donors (Lipinski definition) is 1. The van der Waals surface area contributed by atoms with Gasteiger partial charge in [0.05, 0.1) is 29.0 Å². The number of esters is 1. The molecule has 0 aliphatic carbocycles. The van der Waals surface area contributed by atoms with Gasteiger partial charge in [-0.25, -0.2) is 0 Å². The summed E-state index contributed by atoms with van der Waals surface area (Å²) in [6, 6.07) is 10.0. The minimum absolute atomic E-state index is 0.0325. The normalized spacial score (nSPS) is 12.6. The fourth-order valence-electron chi connectivity index (χ4n) is 2.95. The van der Waals surface area contributed by atoms with Crippen molar-refractivity contribution in [3.63, 3.8) is 0 Å². The maximum Gasteiger partial charge on any atom is 0.307 e. The van der Waals surface area contributed by atoms with E-state index in [2.05, 4.69) is 5.32 Å². The zero-order chi connectivity index (χ0) is 21.5. The Morgan fingerprint density at radius 1 is 0.933 bits per heavy atom. The molecule has 1 aliphatic heterocycles. The third-order valence-corrected chi connectivity index (χ3v) is 5.39. The fourth-order valence-corrected chi connectivity index (χ4v) is 3.64. The summed E-state index contributed by atoms with van der Waals surface area (Å²) in [7, 11) is 0. The average Bonchev–Trinajstić information content (AvgIpc) is 3.36. The largest absolute Gasteiger partial charge is 0.464 e. The Morgan fingerprint density at radius 3 is 2.27 bits per heavy atom. The van der Waals surface area contributed by atoms with Crippen molar-refractivity contribution in [2.24, 2.45) is 0 Å². The molecule has 9 heteroatoms. The number of ether oxygens (including phenoxy) is 1. The second-order valence-corrected chi connectivity index (χ2v) is 7.48. The van der Waals surface area contributed by atoms with Crippen LogP contribution < -0.4 is 5.32 Å². The summed E-state index contributed by atoms with van der Waals surface area (Å²) >= 11 is 1.33. The van der Waals surface area contributed by atoms with E-state index in [1.165, 1.54) is 11.3 Å². The Kier molecular flexibility index (Phi) is 7.08. The van der Waals surface area contributed by atoms with E-state index in [-0.39, 0.29) is 50.6 Å². The number of Topliss-reactive ketones (excluding diaryl/α,β-unsaturated/α-hetero) is 1. The van der Waals surface area contributed by atoms with Crippen LogP contribution in [0.2, 0.25) is 0 Å². The van der Waals surface area contributed by atoms with Crippen LogP contribution in [0.5, 0.6) is 0 Å². The third-order valence-electron chi connectivity index (χ3n) is 4.48. The van der Waals surface area contributed by atoms with Crippen LogP contribution in [0, 0.1) is 0 Å². The minimum Gasteiger partial charge on any atom is -0.464 e. The smallest absolute Gasteiger partial charge is 0.307 e. The molecule has 1 aromatic carbocycles. The highest BCUT2D eigenvalue weighted by Crippen LogP contribution is 2.21. The number of carbonyl (C=O) groups excluding carboxylic acids is 5. The van der Waals surface area contributed by atoms with Gasteiger partial charge in [0.15, 0.2) is 5.78 Å². The Labute approximate surface area is 176 Å². The predicted octanol–water partition coefficient (Wildman–Crippen LogP) is 2.06. The molecule has 1 N–H and O–H groups in total. The zero-order valence-electron chi connectivity index (χ0n) is 16.1. The Hall–Kier alpha value is -3.33. The maximum atomic E-state index is 12.2. The van der Waals surface area contributed by atoms with E-state index in [1.54, 1.807) is 41.8 Å². The van der Waals surface area contributed by atoms with Gasteiger partial charge in [-0.2, -0.15) is 0 Å². The van der Waals surface area contributed by atoms with Gasteiger partial charge in [0, 0.05) is 19.4 Å². The highest BCUT2D eigenvalue weighted by molar-refractivity contribution is 7.12. The molecule has 0 bridgehead atoms. The van der Waals surface area contributed by atoms with Crippen LogP contribution in [-0.4, -0.2) is 54.1 Å². The third kappa shape index (κ3) is 5.18. The average molecular weight is 428 g/mol. The number of amides is 3. The van der Waals surface area contributed by atoms with Gasteiger partial charge in [-0.3, -0.25) is 28.9 Å². The van der Waals surface area contributed by atoms with Crippen LogP contribution in [0.4, 0.5) is 0 Å². The predicted molar refractivity (Wildman–Crippen MR) is 108 cm³/mol. The SMILES string of the molecule is O=C(CCC(=O)c1cccs1)NCCC(=O)OCCN1C(=O)c2ccccc2C1=O. The second kappa shape index (κ2) is 9.93. The highest BCUT2D eigenvalue weighted by atomic mass is 32.1. The van der Waals surface area contributed by atoms with Crippen LogP contribution in [0.1, 0.15) is 49.7 Å². The number of rotatable bonds is 10. The van der Waals surface area contributed by atoms with Crippen LogP contribution in [0.15, 0.2) is 41.8 Å². The molecule has 30 heavy (non-hydrogen) atoms. The molecule has 0 saturated heterocycles. The number of thiophene rings is 1. The van der Waals surface area contributed by atoms with E-state index < -0.39 is 17.8 Å². The van der Waals surface area contributed by atoms with Gasteiger partial charge in [0.2, 0.25) is 5.91 Å². The summed E-state index contributed by atoms with van der Waals surface area (Å²) in [6.07, 6.45) is 0.106. The van der Waals surface area contributed by atoms with E-state index in [0.717, 1.165) is 4.90 Å². The summed E-state index contributed by atoms with van der Waals surface area (Å²) in [5.74, 6) is -1.78. The number of hydrogen-bond acceptors (Lipinski definition) is 7. The number of ketones is 1. The zero-order valence-corrected chi connectivity index (χ0v) is 16.9. The molecular formula is C21H20N2O6S. The van der Waals surface area contributed by atoms with Crippen LogP contribution in [0.3, 0.4) is 0 Å². The molecule has 1 aliphatic rings. The first-order valence-electron chi connectivity index (χ1n) is 9.41. The molecule has 1 aromatic heterocycles. The van der Waals surface area contributed by atoms with Crippen molar-refractivity contribution in [2.45, 2.75) is 19.3 Å². The molecule has 3 rings (SSSR count). The monoisotopic (exact) mass is 428 g/mol. The minimum atomic E-state index is -0.554. The lowest BCUT2D eigenvalue weighted by Crippen LogP contribution is -2.34. The Balaban J connectivity index is 1.30. The van der Waals surface area contributed by atoms with Gasteiger partial charge in [0.25, 0.3) is 11.8 Å². The molecule has 0 spiro atoms. The van der Waals surface area contributed by atoms with E-state index in [9.17, 15) is 24.0 Å². The van der Waals surface area contributed by atoms with Gasteiger partial charge in [-0.15, -0.1) is 11.3 Å². The van der Waals surface area contributed by atoms with Crippen molar-refractivity contribution in [3.05, 3.63) is 57.8 Å².